The molecule has 0 spiro atoms. The summed E-state index contributed by atoms with van der Waals surface area (Å²) in [5, 5.41) is 0.358. The second-order valence-electron chi connectivity index (χ2n) is 4.60. The summed E-state index contributed by atoms with van der Waals surface area (Å²) >= 11 is 5.98. The molecule has 1 amide bonds. The highest BCUT2D eigenvalue weighted by Gasteiger charge is 2.41. The van der Waals surface area contributed by atoms with E-state index in [2.05, 4.69) is 4.98 Å². The molecule has 0 saturated carbocycles. The molecule has 1 atom stereocenters. The van der Waals surface area contributed by atoms with Crippen LogP contribution in [-0.4, -0.2) is 48.1 Å². The number of rotatable bonds is 3. The van der Waals surface area contributed by atoms with Crippen molar-refractivity contribution in [1.82, 2.24) is 9.88 Å². The standard InChI is InChI=1S/C12H13ClF3N3O/c1-18(10-8(13)3-2-5-17-10)9-4-6-19(11(9)20)7-12(14,15)16/h2-3,5,9H,4,6-7H2,1H3/t9-/m0/s1. The van der Waals surface area contributed by atoms with E-state index in [1.54, 1.807) is 19.2 Å². The number of carbonyl (C=O) groups excluding carboxylic acids is 1. The molecule has 20 heavy (non-hydrogen) atoms. The summed E-state index contributed by atoms with van der Waals surface area (Å²) in [5.74, 6) is -0.159. The van der Waals surface area contributed by atoms with E-state index in [0.717, 1.165) is 4.90 Å². The van der Waals surface area contributed by atoms with Gasteiger partial charge in [-0.3, -0.25) is 4.79 Å². The predicted octanol–water partition coefficient (Wildman–Crippen LogP) is 2.33. The molecule has 0 aromatic carbocycles. The molecule has 0 unspecified atom stereocenters. The summed E-state index contributed by atoms with van der Waals surface area (Å²) in [7, 11) is 1.61. The summed E-state index contributed by atoms with van der Waals surface area (Å²) < 4.78 is 37.1. The summed E-state index contributed by atoms with van der Waals surface area (Å²) in [4.78, 5) is 18.4. The van der Waals surface area contributed by atoms with Gasteiger partial charge in [0.1, 0.15) is 18.4 Å². The van der Waals surface area contributed by atoms with Gasteiger partial charge >= 0.3 is 6.18 Å². The first kappa shape index (κ1) is 14.9. The number of pyridine rings is 1. The molecule has 110 valence electrons. The minimum atomic E-state index is -4.38. The lowest BCUT2D eigenvalue weighted by Crippen LogP contribution is -2.43. The first-order valence-electron chi connectivity index (χ1n) is 5.98. The SMILES string of the molecule is CN(c1ncccc1Cl)[C@H]1CCN(CC(F)(F)F)C1=O. The number of likely N-dealkylation sites (tertiary alicyclic amines) is 1. The van der Waals surface area contributed by atoms with Crippen LogP contribution in [0.2, 0.25) is 5.02 Å². The summed E-state index contributed by atoms with van der Waals surface area (Å²) in [6.07, 6.45) is -2.55. The van der Waals surface area contributed by atoms with Crippen molar-refractivity contribution < 1.29 is 18.0 Å². The minimum Gasteiger partial charge on any atom is -0.346 e. The predicted molar refractivity (Wildman–Crippen MR) is 68.7 cm³/mol. The number of halogens is 4. The van der Waals surface area contributed by atoms with E-state index in [9.17, 15) is 18.0 Å². The van der Waals surface area contributed by atoms with Gasteiger partial charge in [0.05, 0.1) is 5.02 Å². The third-order valence-electron chi connectivity index (χ3n) is 3.18. The van der Waals surface area contributed by atoms with E-state index < -0.39 is 24.7 Å². The lowest BCUT2D eigenvalue weighted by Gasteiger charge is -2.25. The Kier molecular flexibility index (Phi) is 4.08. The van der Waals surface area contributed by atoms with Crippen LogP contribution in [0.5, 0.6) is 0 Å². The third-order valence-corrected chi connectivity index (χ3v) is 3.48. The molecule has 0 aliphatic carbocycles. The highest BCUT2D eigenvalue weighted by Crippen LogP contribution is 2.28. The Labute approximate surface area is 119 Å². The molecular weight excluding hydrogens is 295 g/mol. The van der Waals surface area contributed by atoms with Crippen LogP contribution in [0, 0.1) is 0 Å². The van der Waals surface area contributed by atoms with E-state index >= 15 is 0 Å². The molecular formula is C12H13ClF3N3O. The number of alkyl halides is 3. The molecule has 0 radical (unpaired) electrons. The van der Waals surface area contributed by atoms with Gasteiger partial charge in [-0.2, -0.15) is 13.2 Å². The van der Waals surface area contributed by atoms with Gasteiger partial charge in [-0.1, -0.05) is 11.6 Å². The van der Waals surface area contributed by atoms with Crippen molar-refractivity contribution in [2.24, 2.45) is 0 Å². The second-order valence-corrected chi connectivity index (χ2v) is 5.01. The minimum absolute atomic E-state index is 0.0812. The monoisotopic (exact) mass is 307 g/mol. The van der Waals surface area contributed by atoms with Crippen LogP contribution < -0.4 is 4.90 Å². The Balaban J connectivity index is 2.12. The van der Waals surface area contributed by atoms with Crippen molar-refractivity contribution in [3.05, 3.63) is 23.4 Å². The Morgan fingerprint density at radius 3 is 2.85 bits per heavy atom. The third kappa shape index (κ3) is 3.15. The topological polar surface area (TPSA) is 36.4 Å². The van der Waals surface area contributed by atoms with Crippen LogP contribution in [0.25, 0.3) is 0 Å². The molecule has 1 saturated heterocycles. The van der Waals surface area contributed by atoms with Crippen molar-refractivity contribution in [3.63, 3.8) is 0 Å². The van der Waals surface area contributed by atoms with Gasteiger partial charge in [-0.15, -0.1) is 0 Å². The molecule has 4 nitrogen and oxygen atoms in total. The Morgan fingerprint density at radius 1 is 1.55 bits per heavy atom. The maximum atomic E-state index is 12.4. The van der Waals surface area contributed by atoms with Gasteiger partial charge in [0.2, 0.25) is 5.91 Å². The lowest BCUT2D eigenvalue weighted by atomic mass is 10.2. The molecule has 1 aromatic rings. The quantitative estimate of drug-likeness (QED) is 0.860. The van der Waals surface area contributed by atoms with Gasteiger partial charge in [-0.25, -0.2) is 4.98 Å². The zero-order valence-corrected chi connectivity index (χ0v) is 11.4. The Bertz CT molecular complexity index is 509. The van der Waals surface area contributed by atoms with Crippen molar-refractivity contribution in [2.75, 3.05) is 25.0 Å². The van der Waals surface area contributed by atoms with Crippen molar-refractivity contribution >= 4 is 23.3 Å². The Morgan fingerprint density at radius 2 is 2.25 bits per heavy atom. The fraction of sp³-hybridized carbons (Fsp3) is 0.500. The van der Waals surface area contributed by atoms with Crippen LogP contribution in [0.1, 0.15) is 6.42 Å². The fourth-order valence-electron chi connectivity index (χ4n) is 2.24. The zero-order valence-electron chi connectivity index (χ0n) is 10.7. The van der Waals surface area contributed by atoms with Gasteiger partial charge in [0.15, 0.2) is 0 Å². The van der Waals surface area contributed by atoms with E-state index in [1.807, 2.05) is 0 Å². The second kappa shape index (κ2) is 5.47. The molecule has 1 fully saturated rings. The van der Waals surface area contributed by atoms with Gasteiger partial charge < -0.3 is 9.80 Å². The molecule has 1 aromatic heterocycles. The Hall–Kier alpha value is -1.50. The number of anilines is 1. The fourth-order valence-corrected chi connectivity index (χ4v) is 2.49. The summed E-state index contributed by atoms with van der Waals surface area (Å²) in [5.41, 5.74) is 0. The molecule has 1 aliphatic heterocycles. The summed E-state index contributed by atoms with van der Waals surface area (Å²) in [6, 6.07) is 2.60. The van der Waals surface area contributed by atoms with Gasteiger partial charge in [0.25, 0.3) is 0 Å². The molecule has 1 aliphatic rings. The van der Waals surface area contributed by atoms with Crippen LogP contribution >= 0.6 is 11.6 Å². The van der Waals surface area contributed by atoms with E-state index in [0.29, 0.717) is 17.3 Å². The van der Waals surface area contributed by atoms with Crippen LogP contribution in [0.3, 0.4) is 0 Å². The average Bonchev–Trinajstić information content (AvgIpc) is 2.69. The molecule has 2 rings (SSSR count). The number of carbonyl (C=O) groups is 1. The number of nitrogens with zero attached hydrogens (tertiary/aromatic N) is 3. The van der Waals surface area contributed by atoms with E-state index in [-0.39, 0.29) is 6.54 Å². The highest BCUT2D eigenvalue weighted by atomic mass is 35.5. The molecule has 2 heterocycles. The van der Waals surface area contributed by atoms with Gasteiger partial charge in [-0.05, 0) is 18.6 Å². The molecule has 8 heteroatoms. The first-order chi connectivity index (χ1) is 9.29. The maximum absolute atomic E-state index is 12.4. The van der Waals surface area contributed by atoms with E-state index in [1.165, 1.54) is 11.1 Å². The van der Waals surface area contributed by atoms with Crippen molar-refractivity contribution in [1.29, 1.82) is 0 Å². The smallest absolute Gasteiger partial charge is 0.346 e. The lowest BCUT2D eigenvalue weighted by molar-refractivity contribution is -0.157. The van der Waals surface area contributed by atoms with Crippen LogP contribution in [0.4, 0.5) is 19.0 Å². The van der Waals surface area contributed by atoms with E-state index in [4.69, 9.17) is 11.6 Å². The summed E-state index contributed by atoms with van der Waals surface area (Å²) in [6.45, 7) is -1.13. The number of likely N-dealkylation sites (N-methyl/N-ethyl adjacent to an activating group) is 1. The highest BCUT2D eigenvalue weighted by molar-refractivity contribution is 6.33. The average molecular weight is 308 g/mol. The molecule has 0 bridgehead atoms. The molecule has 0 N–H and O–H groups in total. The number of hydrogen-bond donors (Lipinski definition) is 0. The van der Waals surface area contributed by atoms with Crippen molar-refractivity contribution in [3.8, 4) is 0 Å². The number of amides is 1. The van der Waals surface area contributed by atoms with Gasteiger partial charge in [0, 0.05) is 19.8 Å². The zero-order chi connectivity index (χ0) is 14.9. The number of aromatic nitrogens is 1. The normalized spacial score (nSPS) is 19.6. The first-order valence-corrected chi connectivity index (χ1v) is 6.36. The van der Waals surface area contributed by atoms with Crippen LogP contribution in [0.15, 0.2) is 18.3 Å². The van der Waals surface area contributed by atoms with Crippen LogP contribution in [-0.2, 0) is 4.79 Å². The largest absolute Gasteiger partial charge is 0.406 e. The maximum Gasteiger partial charge on any atom is 0.406 e. The number of hydrogen-bond acceptors (Lipinski definition) is 3. The van der Waals surface area contributed by atoms with Crippen molar-refractivity contribution in [2.45, 2.75) is 18.6 Å².